The van der Waals surface area contributed by atoms with Gasteiger partial charge in [-0.3, -0.25) is 4.90 Å². The van der Waals surface area contributed by atoms with E-state index in [0.29, 0.717) is 0 Å². The summed E-state index contributed by atoms with van der Waals surface area (Å²) in [5.74, 6) is 0. The summed E-state index contributed by atoms with van der Waals surface area (Å²) in [5.41, 5.74) is 7.17. The van der Waals surface area contributed by atoms with Crippen LogP contribution in [0.4, 0.5) is 0 Å². The second-order valence-electron chi connectivity index (χ2n) is 7.05. The minimum absolute atomic E-state index is 0.0859. The molecule has 27 heavy (non-hydrogen) atoms. The van der Waals surface area contributed by atoms with E-state index in [1.165, 1.54) is 22.6 Å². The third-order valence-electron chi connectivity index (χ3n) is 5.41. The molecule has 0 unspecified atom stereocenters. The van der Waals surface area contributed by atoms with Gasteiger partial charge in [0.15, 0.2) is 0 Å². The maximum Gasteiger partial charge on any atom is 0.0965 e. The summed E-state index contributed by atoms with van der Waals surface area (Å²) in [6.45, 7) is 3.97. The number of imidazole rings is 2. The van der Waals surface area contributed by atoms with E-state index >= 15 is 0 Å². The molecular weight excluding hydrogens is 336 g/mol. The lowest BCUT2D eigenvalue weighted by atomic mass is 10.00. The molecule has 136 valence electrons. The van der Waals surface area contributed by atoms with Gasteiger partial charge in [-0.25, -0.2) is 9.97 Å². The number of hydrogen-bond donors (Lipinski definition) is 2. The first-order valence-corrected chi connectivity index (χ1v) is 9.28. The Morgan fingerprint density at radius 2 is 2.04 bits per heavy atom. The van der Waals surface area contributed by atoms with Gasteiger partial charge in [0, 0.05) is 49.0 Å². The Bertz CT molecular complexity index is 1040. The predicted molar refractivity (Wildman–Crippen MR) is 104 cm³/mol. The van der Waals surface area contributed by atoms with E-state index in [2.05, 4.69) is 78.9 Å². The number of H-pyrrole nitrogens is 2. The van der Waals surface area contributed by atoms with Crippen molar-refractivity contribution in [2.45, 2.75) is 25.9 Å². The minimum atomic E-state index is 0.0859. The third-order valence-corrected chi connectivity index (χ3v) is 5.41. The van der Waals surface area contributed by atoms with E-state index in [9.17, 15) is 0 Å². The summed E-state index contributed by atoms with van der Waals surface area (Å²) in [4.78, 5) is 17.9. The summed E-state index contributed by atoms with van der Waals surface area (Å²) in [6, 6.07) is 12.9. The fourth-order valence-electron chi connectivity index (χ4n) is 4.08. The van der Waals surface area contributed by atoms with Gasteiger partial charge < -0.3 is 14.5 Å². The smallest absolute Gasteiger partial charge is 0.0965 e. The number of benzene rings is 1. The predicted octanol–water partition coefficient (Wildman–Crippen LogP) is 3.38. The normalized spacial score (nSPS) is 17.1. The van der Waals surface area contributed by atoms with Crippen LogP contribution in [0.1, 0.15) is 34.4 Å². The van der Waals surface area contributed by atoms with Crippen molar-refractivity contribution in [2.24, 2.45) is 0 Å². The van der Waals surface area contributed by atoms with Crippen LogP contribution < -0.4 is 0 Å². The van der Waals surface area contributed by atoms with Crippen molar-refractivity contribution in [3.8, 4) is 5.69 Å². The van der Waals surface area contributed by atoms with Gasteiger partial charge in [0.1, 0.15) is 0 Å². The fourth-order valence-corrected chi connectivity index (χ4v) is 4.08. The molecule has 6 heteroatoms. The van der Waals surface area contributed by atoms with Crippen LogP contribution >= 0.6 is 0 Å². The Morgan fingerprint density at radius 3 is 2.89 bits per heavy atom. The third kappa shape index (κ3) is 2.78. The minimum Gasteiger partial charge on any atom is -0.348 e. The van der Waals surface area contributed by atoms with Crippen LogP contribution in [0.2, 0.25) is 0 Å². The van der Waals surface area contributed by atoms with Crippen molar-refractivity contribution >= 4 is 0 Å². The number of nitrogens with zero attached hydrogens (tertiary/aromatic N) is 4. The zero-order chi connectivity index (χ0) is 18.2. The molecule has 6 nitrogen and oxygen atoms in total. The van der Waals surface area contributed by atoms with Crippen molar-refractivity contribution in [1.82, 2.24) is 29.4 Å². The van der Waals surface area contributed by atoms with Crippen LogP contribution in [-0.4, -0.2) is 35.9 Å². The lowest BCUT2D eigenvalue weighted by molar-refractivity contribution is 0.194. The maximum absolute atomic E-state index is 4.62. The molecule has 0 radical (unpaired) electrons. The molecule has 1 aromatic carbocycles. The lowest BCUT2D eigenvalue weighted by Crippen LogP contribution is -2.36. The number of aromatic nitrogens is 5. The zero-order valence-corrected chi connectivity index (χ0v) is 15.3. The van der Waals surface area contributed by atoms with E-state index in [1.54, 1.807) is 12.7 Å². The summed E-state index contributed by atoms with van der Waals surface area (Å²) in [6.07, 6.45) is 8.57. The molecule has 1 aliphatic heterocycles. The first-order valence-electron chi connectivity index (χ1n) is 9.28. The molecule has 0 fully saturated rings. The standard InChI is InChI=1S/C21H22N6/c1-15-5-2-3-7-19(15)27-9-4-6-16(27)12-26-10-8-17-20(25-14-24-17)21(26)18-11-22-13-23-18/h2-7,9,11,13-14,21H,8,10,12H2,1H3,(H,22,23)(H,24,25)/t21-/m0/s1. The highest BCUT2D eigenvalue weighted by Gasteiger charge is 2.32. The molecule has 0 saturated carbocycles. The summed E-state index contributed by atoms with van der Waals surface area (Å²) in [7, 11) is 0. The van der Waals surface area contributed by atoms with Crippen LogP contribution in [0, 0.1) is 6.92 Å². The number of para-hydroxylation sites is 1. The van der Waals surface area contributed by atoms with Crippen LogP contribution in [0.3, 0.4) is 0 Å². The average molecular weight is 358 g/mol. The summed E-state index contributed by atoms with van der Waals surface area (Å²) in [5, 5.41) is 0. The Hall–Kier alpha value is -3.12. The van der Waals surface area contributed by atoms with Gasteiger partial charge in [-0.2, -0.15) is 0 Å². The van der Waals surface area contributed by atoms with Gasteiger partial charge >= 0.3 is 0 Å². The van der Waals surface area contributed by atoms with Gasteiger partial charge in [-0.1, -0.05) is 18.2 Å². The first-order chi connectivity index (χ1) is 13.3. The molecule has 1 atom stereocenters. The Morgan fingerprint density at radius 1 is 1.11 bits per heavy atom. The van der Waals surface area contributed by atoms with Crippen molar-refractivity contribution < 1.29 is 0 Å². The molecule has 1 aliphatic rings. The number of fused-ring (bicyclic) bond motifs is 1. The van der Waals surface area contributed by atoms with Gasteiger partial charge in [-0.15, -0.1) is 0 Å². The maximum atomic E-state index is 4.62. The average Bonchev–Trinajstić information content (AvgIpc) is 3.44. The van der Waals surface area contributed by atoms with E-state index < -0.39 is 0 Å². The Kier molecular flexibility index (Phi) is 3.90. The molecular formula is C21H22N6. The summed E-state index contributed by atoms with van der Waals surface area (Å²) < 4.78 is 2.29. The topological polar surface area (TPSA) is 65.5 Å². The van der Waals surface area contributed by atoms with Gasteiger partial charge in [-0.05, 0) is 30.7 Å². The fraction of sp³-hybridized carbons (Fsp3) is 0.238. The Labute approximate surface area is 157 Å². The van der Waals surface area contributed by atoms with Crippen LogP contribution in [0.15, 0.2) is 61.4 Å². The van der Waals surface area contributed by atoms with Gasteiger partial charge in [0.05, 0.1) is 30.1 Å². The van der Waals surface area contributed by atoms with E-state index in [-0.39, 0.29) is 6.04 Å². The van der Waals surface area contributed by atoms with E-state index in [0.717, 1.165) is 30.9 Å². The molecule has 0 spiro atoms. The molecule has 5 rings (SSSR count). The quantitative estimate of drug-likeness (QED) is 0.588. The molecule has 2 N–H and O–H groups in total. The van der Waals surface area contributed by atoms with Crippen molar-refractivity contribution in [2.75, 3.05) is 6.54 Å². The molecule has 0 amide bonds. The number of aryl methyl sites for hydroxylation is 1. The molecule has 3 aromatic heterocycles. The number of nitrogens with one attached hydrogen (secondary N) is 2. The first kappa shape index (κ1) is 16.1. The van der Waals surface area contributed by atoms with Crippen molar-refractivity contribution in [3.05, 3.63) is 89.8 Å². The van der Waals surface area contributed by atoms with E-state index in [1.807, 2.05) is 6.20 Å². The zero-order valence-electron chi connectivity index (χ0n) is 15.3. The van der Waals surface area contributed by atoms with E-state index in [4.69, 9.17) is 0 Å². The SMILES string of the molecule is Cc1ccccc1-n1cccc1CN1CCc2[nH]cnc2[C@@H]1c1cnc[nH]1. The molecule has 0 bridgehead atoms. The van der Waals surface area contributed by atoms with Crippen molar-refractivity contribution in [1.29, 1.82) is 0 Å². The van der Waals surface area contributed by atoms with Crippen LogP contribution in [0.25, 0.3) is 5.69 Å². The highest BCUT2D eigenvalue weighted by Crippen LogP contribution is 2.33. The highest BCUT2D eigenvalue weighted by molar-refractivity contribution is 5.42. The number of aromatic amines is 2. The second kappa shape index (κ2) is 6.55. The second-order valence-corrected chi connectivity index (χ2v) is 7.05. The molecule has 4 aromatic rings. The Balaban J connectivity index is 1.51. The highest BCUT2D eigenvalue weighted by atomic mass is 15.2. The summed E-state index contributed by atoms with van der Waals surface area (Å²) >= 11 is 0. The number of rotatable bonds is 4. The van der Waals surface area contributed by atoms with Crippen LogP contribution in [0.5, 0.6) is 0 Å². The molecule has 4 heterocycles. The largest absolute Gasteiger partial charge is 0.348 e. The molecule has 0 aliphatic carbocycles. The monoisotopic (exact) mass is 358 g/mol. The van der Waals surface area contributed by atoms with Gasteiger partial charge in [0.2, 0.25) is 0 Å². The lowest BCUT2D eigenvalue weighted by Gasteiger charge is -2.34. The van der Waals surface area contributed by atoms with Gasteiger partial charge in [0.25, 0.3) is 0 Å². The van der Waals surface area contributed by atoms with Crippen LogP contribution in [-0.2, 0) is 13.0 Å². The number of hydrogen-bond acceptors (Lipinski definition) is 3. The molecule has 0 saturated heterocycles. The van der Waals surface area contributed by atoms with Crippen molar-refractivity contribution in [3.63, 3.8) is 0 Å².